The van der Waals surface area contributed by atoms with Gasteiger partial charge in [0.05, 0.1) is 18.1 Å². The minimum Gasteiger partial charge on any atom is -0.469 e. The summed E-state index contributed by atoms with van der Waals surface area (Å²) in [4.78, 5) is 18.3. The summed E-state index contributed by atoms with van der Waals surface area (Å²) >= 11 is 0. The fourth-order valence-electron chi connectivity index (χ4n) is 1.96. The number of hydrogen-bond donors (Lipinski definition) is 2. The van der Waals surface area contributed by atoms with Crippen LogP contribution in [0.5, 0.6) is 0 Å². The second-order valence-electron chi connectivity index (χ2n) is 4.41. The molecular formula is C13H17N3O2. The van der Waals surface area contributed by atoms with E-state index in [0.717, 1.165) is 23.0 Å². The number of benzene rings is 1. The highest BCUT2D eigenvalue weighted by atomic mass is 16.5. The quantitative estimate of drug-likeness (QED) is 0.811. The number of aromatic amines is 1. The summed E-state index contributed by atoms with van der Waals surface area (Å²) in [5.74, 6) is 0.538. The molecule has 5 nitrogen and oxygen atoms in total. The Morgan fingerprint density at radius 1 is 1.56 bits per heavy atom. The molecule has 1 aromatic carbocycles. The third-order valence-electron chi connectivity index (χ3n) is 3.10. The van der Waals surface area contributed by atoms with E-state index in [1.54, 1.807) is 0 Å². The number of H-pyrrole nitrogens is 1. The molecule has 1 aromatic heterocycles. The zero-order valence-corrected chi connectivity index (χ0v) is 10.6. The first-order valence-corrected chi connectivity index (χ1v) is 5.92. The Labute approximate surface area is 105 Å². The van der Waals surface area contributed by atoms with Crippen LogP contribution in [0.4, 0.5) is 5.95 Å². The van der Waals surface area contributed by atoms with E-state index in [1.165, 1.54) is 7.11 Å². The Balaban J connectivity index is 2.12. The lowest BCUT2D eigenvalue weighted by Crippen LogP contribution is -2.03. The zero-order valence-electron chi connectivity index (χ0n) is 10.6. The third kappa shape index (κ3) is 2.61. The Kier molecular flexibility index (Phi) is 3.50. The van der Waals surface area contributed by atoms with E-state index in [2.05, 4.69) is 21.6 Å². The van der Waals surface area contributed by atoms with Crippen LogP contribution in [-0.4, -0.2) is 23.0 Å². The Morgan fingerprint density at radius 2 is 2.33 bits per heavy atom. The lowest BCUT2D eigenvalue weighted by molar-refractivity contribution is -0.140. The molecule has 0 amide bonds. The van der Waals surface area contributed by atoms with Crippen molar-refractivity contribution in [2.45, 2.75) is 25.7 Å². The topological polar surface area (TPSA) is 81.0 Å². The van der Waals surface area contributed by atoms with Gasteiger partial charge in [0.25, 0.3) is 0 Å². The molecule has 5 heteroatoms. The first kappa shape index (κ1) is 12.4. The molecule has 0 aliphatic carbocycles. The molecule has 0 fully saturated rings. The van der Waals surface area contributed by atoms with Gasteiger partial charge >= 0.3 is 5.97 Å². The Hall–Kier alpha value is -2.04. The van der Waals surface area contributed by atoms with Crippen molar-refractivity contribution in [2.24, 2.45) is 0 Å². The van der Waals surface area contributed by atoms with Crippen LogP contribution in [-0.2, 0) is 9.53 Å². The number of imidazole rings is 1. The summed E-state index contributed by atoms with van der Waals surface area (Å²) in [5.41, 5.74) is 8.55. The lowest BCUT2D eigenvalue weighted by atomic mass is 9.96. The third-order valence-corrected chi connectivity index (χ3v) is 3.10. The number of methoxy groups -OCH3 is 1. The molecule has 0 spiro atoms. The number of nitrogens with zero attached hydrogens (tertiary/aromatic N) is 1. The van der Waals surface area contributed by atoms with Crippen LogP contribution >= 0.6 is 0 Å². The summed E-state index contributed by atoms with van der Waals surface area (Å²) in [6.45, 7) is 2.09. The number of nitrogen functional groups attached to an aromatic ring is 1. The maximum absolute atomic E-state index is 11.1. The molecule has 2 rings (SSSR count). The maximum Gasteiger partial charge on any atom is 0.305 e. The average molecular weight is 247 g/mol. The molecule has 2 aromatic rings. The molecule has 1 unspecified atom stereocenters. The van der Waals surface area contributed by atoms with Gasteiger partial charge in [-0.15, -0.1) is 0 Å². The number of carbonyl (C=O) groups is 1. The van der Waals surface area contributed by atoms with Gasteiger partial charge in [0.1, 0.15) is 0 Å². The van der Waals surface area contributed by atoms with Crippen LogP contribution < -0.4 is 5.73 Å². The van der Waals surface area contributed by atoms with Crippen LogP contribution in [0.1, 0.15) is 31.2 Å². The number of nitrogens with two attached hydrogens (primary N) is 1. The number of esters is 1. The molecule has 96 valence electrons. The molecular weight excluding hydrogens is 230 g/mol. The van der Waals surface area contributed by atoms with E-state index in [-0.39, 0.29) is 11.9 Å². The van der Waals surface area contributed by atoms with Gasteiger partial charge in [-0.25, -0.2) is 4.98 Å². The largest absolute Gasteiger partial charge is 0.469 e. The average Bonchev–Trinajstić information content (AvgIpc) is 2.74. The minimum absolute atomic E-state index is 0.172. The van der Waals surface area contributed by atoms with Crippen molar-refractivity contribution in [1.82, 2.24) is 9.97 Å². The van der Waals surface area contributed by atoms with Crippen molar-refractivity contribution in [3.8, 4) is 0 Å². The second-order valence-corrected chi connectivity index (χ2v) is 4.41. The van der Waals surface area contributed by atoms with Crippen LogP contribution in [0, 0.1) is 0 Å². The molecule has 18 heavy (non-hydrogen) atoms. The summed E-state index contributed by atoms with van der Waals surface area (Å²) in [5, 5.41) is 0. The molecule has 0 aliphatic heterocycles. The minimum atomic E-state index is -0.172. The smallest absolute Gasteiger partial charge is 0.305 e. The van der Waals surface area contributed by atoms with E-state index in [9.17, 15) is 4.79 Å². The van der Waals surface area contributed by atoms with Gasteiger partial charge < -0.3 is 15.5 Å². The Morgan fingerprint density at radius 3 is 3.06 bits per heavy atom. The summed E-state index contributed by atoms with van der Waals surface area (Å²) in [6.07, 6.45) is 1.20. The molecule has 1 atom stereocenters. The SMILES string of the molecule is COC(=O)CCC(C)c1ccc2nc(N)[nH]c2c1. The molecule has 0 radical (unpaired) electrons. The van der Waals surface area contributed by atoms with Gasteiger partial charge in [-0.05, 0) is 30.0 Å². The molecule has 1 heterocycles. The van der Waals surface area contributed by atoms with E-state index in [4.69, 9.17) is 5.73 Å². The van der Waals surface area contributed by atoms with Crippen LogP contribution in [0.2, 0.25) is 0 Å². The fraction of sp³-hybridized carbons (Fsp3) is 0.385. The van der Waals surface area contributed by atoms with E-state index in [0.29, 0.717) is 12.4 Å². The predicted molar refractivity (Wildman–Crippen MR) is 70.2 cm³/mol. The summed E-state index contributed by atoms with van der Waals surface area (Å²) in [7, 11) is 1.41. The van der Waals surface area contributed by atoms with Crippen molar-refractivity contribution < 1.29 is 9.53 Å². The number of aromatic nitrogens is 2. The van der Waals surface area contributed by atoms with Crippen LogP contribution in [0.3, 0.4) is 0 Å². The number of nitrogens with one attached hydrogen (secondary N) is 1. The van der Waals surface area contributed by atoms with E-state index in [1.807, 2.05) is 18.2 Å². The van der Waals surface area contributed by atoms with Crippen LogP contribution in [0.15, 0.2) is 18.2 Å². The zero-order chi connectivity index (χ0) is 13.1. The van der Waals surface area contributed by atoms with Gasteiger partial charge in [-0.2, -0.15) is 0 Å². The molecule has 0 saturated heterocycles. The van der Waals surface area contributed by atoms with Crippen molar-refractivity contribution in [1.29, 1.82) is 0 Å². The van der Waals surface area contributed by atoms with Gasteiger partial charge in [-0.1, -0.05) is 13.0 Å². The van der Waals surface area contributed by atoms with Crippen molar-refractivity contribution in [3.05, 3.63) is 23.8 Å². The number of hydrogen-bond acceptors (Lipinski definition) is 4. The monoisotopic (exact) mass is 247 g/mol. The van der Waals surface area contributed by atoms with Crippen LogP contribution in [0.25, 0.3) is 11.0 Å². The number of anilines is 1. The van der Waals surface area contributed by atoms with E-state index < -0.39 is 0 Å². The molecule has 0 bridgehead atoms. The van der Waals surface area contributed by atoms with E-state index >= 15 is 0 Å². The fourth-order valence-corrected chi connectivity index (χ4v) is 1.96. The first-order valence-electron chi connectivity index (χ1n) is 5.92. The summed E-state index contributed by atoms with van der Waals surface area (Å²) in [6, 6.07) is 5.98. The molecule has 0 saturated carbocycles. The number of fused-ring (bicyclic) bond motifs is 1. The van der Waals surface area contributed by atoms with Gasteiger partial charge in [0, 0.05) is 6.42 Å². The van der Waals surface area contributed by atoms with Crippen molar-refractivity contribution >= 4 is 23.0 Å². The van der Waals surface area contributed by atoms with Gasteiger partial charge in [0.15, 0.2) is 5.95 Å². The number of rotatable bonds is 4. The second kappa shape index (κ2) is 5.08. The highest BCUT2D eigenvalue weighted by molar-refractivity contribution is 5.78. The lowest BCUT2D eigenvalue weighted by Gasteiger charge is -2.10. The summed E-state index contributed by atoms with van der Waals surface area (Å²) < 4.78 is 4.64. The standard InChI is InChI=1S/C13H17N3O2/c1-8(3-6-12(17)18-2)9-4-5-10-11(7-9)16-13(14)15-10/h4-5,7-8H,3,6H2,1-2H3,(H3,14,15,16). The molecule has 0 aliphatic rings. The highest BCUT2D eigenvalue weighted by Crippen LogP contribution is 2.24. The Bertz CT molecular complexity index is 562. The van der Waals surface area contributed by atoms with Crippen molar-refractivity contribution in [3.63, 3.8) is 0 Å². The van der Waals surface area contributed by atoms with Gasteiger partial charge in [0.2, 0.25) is 0 Å². The highest BCUT2D eigenvalue weighted by Gasteiger charge is 2.10. The maximum atomic E-state index is 11.1. The normalized spacial score (nSPS) is 12.6. The molecule has 3 N–H and O–H groups in total. The first-order chi connectivity index (χ1) is 8.60. The number of ether oxygens (including phenoxy) is 1. The predicted octanol–water partition coefficient (Wildman–Crippen LogP) is 2.20. The van der Waals surface area contributed by atoms with Crippen molar-refractivity contribution in [2.75, 3.05) is 12.8 Å². The van der Waals surface area contributed by atoms with Gasteiger partial charge in [-0.3, -0.25) is 4.79 Å². The number of carbonyl (C=O) groups excluding carboxylic acids is 1.